The summed E-state index contributed by atoms with van der Waals surface area (Å²) >= 11 is 0. The standard InChI is InChI=1S/C9H18N2O2/c1-3-13-9(12)11-8-6-4-5-7(8)10-2/h7-8,10H,3-6H2,1-2H3,(H,11,12). The molecule has 1 fully saturated rings. The van der Waals surface area contributed by atoms with Gasteiger partial charge in [-0.2, -0.15) is 0 Å². The summed E-state index contributed by atoms with van der Waals surface area (Å²) in [5, 5.41) is 6.05. The molecule has 0 aromatic rings. The molecule has 1 aliphatic carbocycles. The van der Waals surface area contributed by atoms with E-state index in [2.05, 4.69) is 10.6 Å². The van der Waals surface area contributed by atoms with Crippen LogP contribution in [0.3, 0.4) is 0 Å². The zero-order chi connectivity index (χ0) is 9.68. The van der Waals surface area contributed by atoms with Crippen molar-refractivity contribution in [2.24, 2.45) is 0 Å². The van der Waals surface area contributed by atoms with Crippen molar-refractivity contribution in [2.45, 2.75) is 38.3 Å². The SMILES string of the molecule is CCOC(=O)NC1CCCC1NC. The second-order valence-electron chi connectivity index (χ2n) is 3.30. The summed E-state index contributed by atoms with van der Waals surface area (Å²) in [5.41, 5.74) is 0. The molecular formula is C9H18N2O2. The lowest BCUT2D eigenvalue weighted by Gasteiger charge is -2.19. The quantitative estimate of drug-likeness (QED) is 0.687. The van der Waals surface area contributed by atoms with Crippen molar-refractivity contribution in [2.75, 3.05) is 13.7 Å². The second-order valence-corrected chi connectivity index (χ2v) is 3.30. The number of amides is 1. The van der Waals surface area contributed by atoms with Crippen molar-refractivity contribution in [3.05, 3.63) is 0 Å². The van der Waals surface area contributed by atoms with Crippen LogP contribution >= 0.6 is 0 Å². The van der Waals surface area contributed by atoms with Crippen LogP contribution in [0.1, 0.15) is 26.2 Å². The molecule has 2 unspecified atom stereocenters. The van der Waals surface area contributed by atoms with E-state index in [1.54, 1.807) is 0 Å². The topological polar surface area (TPSA) is 50.4 Å². The molecule has 2 N–H and O–H groups in total. The van der Waals surface area contributed by atoms with Crippen molar-refractivity contribution in [1.82, 2.24) is 10.6 Å². The summed E-state index contributed by atoms with van der Waals surface area (Å²) in [6, 6.07) is 0.647. The number of likely N-dealkylation sites (N-methyl/N-ethyl adjacent to an activating group) is 1. The fourth-order valence-electron chi connectivity index (χ4n) is 1.80. The van der Waals surface area contributed by atoms with E-state index in [1.807, 2.05) is 14.0 Å². The maximum Gasteiger partial charge on any atom is 0.407 e. The summed E-state index contributed by atoms with van der Waals surface area (Å²) in [7, 11) is 1.93. The third kappa shape index (κ3) is 2.88. The lowest BCUT2D eigenvalue weighted by Crippen LogP contribution is -2.45. The highest BCUT2D eigenvalue weighted by Gasteiger charge is 2.27. The third-order valence-corrected chi connectivity index (χ3v) is 2.47. The van der Waals surface area contributed by atoms with Crippen LogP contribution in [0.2, 0.25) is 0 Å². The molecule has 4 nitrogen and oxygen atoms in total. The van der Waals surface area contributed by atoms with Gasteiger partial charge in [0.15, 0.2) is 0 Å². The van der Waals surface area contributed by atoms with Crippen LogP contribution in [0.4, 0.5) is 4.79 Å². The summed E-state index contributed by atoms with van der Waals surface area (Å²) in [6.45, 7) is 2.24. The smallest absolute Gasteiger partial charge is 0.407 e. The normalized spacial score (nSPS) is 27.2. The van der Waals surface area contributed by atoms with Crippen LogP contribution in [0.5, 0.6) is 0 Å². The van der Waals surface area contributed by atoms with E-state index in [0.717, 1.165) is 12.8 Å². The van der Waals surface area contributed by atoms with Crippen LogP contribution in [-0.2, 0) is 4.74 Å². The van der Waals surface area contributed by atoms with Gasteiger partial charge < -0.3 is 15.4 Å². The molecule has 0 bridgehead atoms. The molecule has 1 amide bonds. The molecule has 0 aliphatic heterocycles. The van der Waals surface area contributed by atoms with E-state index in [0.29, 0.717) is 12.6 Å². The van der Waals surface area contributed by atoms with Crippen LogP contribution in [-0.4, -0.2) is 31.8 Å². The molecule has 1 aliphatic rings. The molecule has 0 heterocycles. The number of alkyl carbamates (subject to hydrolysis) is 1. The molecule has 4 heteroatoms. The van der Waals surface area contributed by atoms with Gasteiger partial charge in [0, 0.05) is 12.1 Å². The van der Waals surface area contributed by atoms with Crippen LogP contribution in [0.25, 0.3) is 0 Å². The van der Waals surface area contributed by atoms with E-state index in [1.165, 1.54) is 6.42 Å². The fourth-order valence-corrected chi connectivity index (χ4v) is 1.80. The molecule has 0 aromatic carbocycles. The maximum absolute atomic E-state index is 11.1. The summed E-state index contributed by atoms with van der Waals surface area (Å²) in [5.74, 6) is 0. The van der Waals surface area contributed by atoms with E-state index in [4.69, 9.17) is 4.74 Å². The average molecular weight is 186 g/mol. The van der Waals surface area contributed by atoms with Crippen LogP contribution < -0.4 is 10.6 Å². The van der Waals surface area contributed by atoms with Gasteiger partial charge in [-0.25, -0.2) is 4.79 Å². The van der Waals surface area contributed by atoms with Gasteiger partial charge in [0.1, 0.15) is 0 Å². The minimum absolute atomic E-state index is 0.240. The first kappa shape index (κ1) is 10.3. The number of rotatable bonds is 3. The number of ether oxygens (including phenoxy) is 1. The van der Waals surface area contributed by atoms with Gasteiger partial charge in [-0.3, -0.25) is 0 Å². The van der Waals surface area contributed by atoms with E-state index < -0.39 is 0 Å². The fraction of sp³-hybridized carbons (Fsp3) is 0.889. The summed E-state index contributed by atoms with van der Waals surface area (Å²) < 4.78 is 4.82. The molecule has 0 radical (unpaired) electrons. The molecule has 2 atom stereocenters. The highest BCUT2D eigenvalue weighted by molar-refractivity contribution is 5.67. The van der Waals surface area contributed by atoms with E-state index >= 15 is 0 Å². The Morgan fingerprint density at radius 2 is 2.15 bits per heavy atom. The molecule has 0 spiro atoms. The van der Waals surface area contributed by atoms with Gasteiger partial charge in [0.25, 0.3) is 0 Å². The lowest BCUT2D eigenvalue weighted by molar-refractivity contribution is 0.146. The van der Waals surface area contributed by atoms with Crippen molar-refractivity contribution < 1.29 is 9.53 Å². The van der Waals surface area contributed by atoms with E-state index in [9.17, 15) is 4.79 Å². The Morgan fingerprint density at radius 3 is 2.77 bits per heavy atom. The summed E-state index contributed by atoms with van der Waals surface area (Å²) in [6.07, 6.45) is 3.05. The van der Waals surface area contributed by atoms with Crippen LogP contribution in [0, 0.1) is 0 Å². The Balaban J connectivity index is 2.30. The first-order valence-corrected chi connectivity index (χ1v) is 4.88. The molecule has 0 saturated heterocycles. The Kier molecular flexibility index (Phi) is 4.02. The molecule has 76 valence electrons. The molecule has 1 rings (SSSR count). The van der Waals surface area contributed by atoms with Crippen molar-refractivity contribution in [1.29, 1.82) is 0 Å². The Morgan fingerprint density at radius 1 is 1.46 bits per heavy atom. The Hall–Kier alpha value is -0.770. The molecular weight excluding hydrogens is 168 g/mol. The summed E-state index contributed by atoms with van der Waals surface area (Å²) in [4.78, 5) is 11.1. The molecule has 1 saturated carbocycles. The van der Waals surface area contributed by atoms with Gasteiger partial charge in [-0.05, 0) is 33.2 Å². The van der Waals surface area contributed by atoms with Crippen molar-refractivity contribution in [3.63, 3.8) is 0 Å². The number of carbonyl (C=O) groups excluding carboxylic acids is 1. The predicted molar refractivity (Wildman–Crippen MR) is 50.6 cm³/mol. The number of hydrogen-bond donors (Lipinski definition) is 2. The minimum Gasteiger partial charge on any atom is -0.450 e. The van der Waals surface area contributed by atoms with Crippen molar-refractivity contribution in [3.8, 4) is 0 Å². The van der Waals surface area contributed by atoms with Gasteiger partial charge in [-0.15, -0.1) is 0 Å². The molecule has 13 heavy (non-hydrogen) atoms. The third-order valence-electron chi connectivity index (χ3n) is 2.47. The van der Waals surface area contributed by atoms with Gasteiger partial charge in [-0.1, -0.05) is 0 Å². The minimum atomic E-state index is -0.297. The predicted octanol–water partition coefficient (Wildman–Crippen LogP) is 0.873. The monoisotopic (exact) mass is 186 g/mol. The lowest BCUT2D eigenvalue weighted by atomic mass is 10.2. The maximum atomic E-state index is 11.1. The zero-order valence-corrected chi connectivity index (χ0v) is 8.30. The highest BCUT2D eigenvalue weighted by atomic mass is 16.5. The number of nitrogens with one attached hydrogen (secondary N) is 2. The first-order chi connectivity index (χ1) is 6.27. The largest absolute Gasteiger partial charge is 0.450 e. The van der Waals surface area contributed by atoms with Gasteiger partial charge in [0.05, 0.1) is 6.61 Å². The average Bonchev–Trinajstić information content (AvgIpc) is 2.52. The highest BCUT2D eigenvalue weighted by Crippen LogP contribution is 2.18. The van der Waals surface area contributed by atoms with Gasteiger partial charge >= 0.3 is 6.09 Å². The molecule has 0 aromatic heterocycles. The second kappa shape index (κ2) is 5.07. The Bertz CT molecular complexity index is 173. The van der Waals surface area contributed by atoms with Gasteiger partial charge in [0.2, 0.25) is 0 Å². The Labute approximate surface area is 79.0 Å². The zero-order valence-electron chi connectivity index (χ0n) is 8.30. The van der Waals surface area contributed by atoms with Crippen LogP contribution in [0.15, 0.2) is 0 Å². The number of hydrogen-bond acceptors (Lipinski definition) is 3. The van der Waals surface area contributed by atoms with E-state index in [-0.39, 0.29) is 12.1 Å². The van der Waals surface area contributed by atoms with Crippen molar-refractivity contribution >= 4 is 6.09 Å². The first-order valence-electron chi connectivity index (χ1n) is 4.88. The number of carbonyl (C=O) groups is 1.